The molecule has 0 aliphatic carbocycles. The normalized spacial score (nSPS) is 11.2. The summed E-state index contributed by atoms with van der Waals surface area (Å²) in [6.07, 6.45) is -4.42. The van der Waals surface area contributed by atoms with Crippen molar-refractivity contribution in [3.63, 3.8) is 0 Å². The lowest BCUT2D eigenvalue weighted by Crippen LogP contribution is -2.04. The molecule has 0 spiro atoms. The van der Waals surface area contributed by atoms with E-state index >= 15 is 0 Å². The Bertz CT molecular complexity index is 618. The van der Waals surface area contributed by atoms with Crippen molar-refractivity contribution in [1.29, 1.82) is 0 Å². The van der Waals surface area contributed by atoms with Crippen LogP contribution in [-0.2, 0) is 6.18 Å². The van der Waals surface area contributed by atoms with Crippen LogP contribution in [-0.4, -0.2) is 11.1 Å². The minimum absolute atomic E-state index is 0.0626. The molecule has 0 unspecified atom stereocenters. The van der Waals surface area contributed by atoms with Gasteiger partial charge in [-0.15, -0.1) is 0 Å². The molecule has 0 aliphatic rings. The summed E-state index contributed by atoms with van der Waals surface area (Å²) >= 11 is 0. The highest BCUT2D eigenvalue weighted by atomic mass is 19.4. The van der Waals surface area contributed by atoms with Crippen LogP contribution in [0.5, 0.6) is 11.5 Å². The zero-order valence-corrected chi connectivity index (χ0v) is 10.0. The molecule has 0 saturated heterocycles. The van der Waals surface area contributed by atoms with Crippen molar-refractivity contribution < 1.29 is 27.8 Å². The number of carbonyl (C=O) groups is 1. The largest absolute Gasteiger partial charge is 0.478 e. The van der Waals surface area contributed by atoms with Crippen LogP contribution in [0.15, 0.2) is 48.5 Å². The van der Waals surface area contributed by atoms with E-state index in [0.717, 1.165) is 24.3 Å². The maximum atomic E-state index is 12.4. The Hall–Kier alpha value is -2.50. The standard InChI is InChI=1S/C14H9F3O3/c15-14(16,17)9-5-7-10(8-6-9)20-12-4-2-1-3-11(12)13(18)19/h1-8H,(H,18,19). The molecule has 0 radical (unpaired) electrons. The van der Waals surface area contributed by atoms with Gasteiger partial charge in [0, 0.05) is 0 Å². The summed E-state index contributed by atoms with van der Waals surface area (Å²) in [5, 5.41) is 8.97. The van der Waals surface area contributed by atoms with Gasteiger partial charge in [0.05, 0.1) is 5.56 Å². The predicted molar refractivity (Wildman–Crippen MR) is 64.9 cm³/mol. The number of hydrogen-bond donors (Lipinski definition) is 1. The Morgan fingerprint density at radius 2 is 1.60 bits per heavy atom. The number of carboxylic acids is 1. The molecule has 0 heterocycles. The Morgan fingerprint density at radius 3 is 2.15 bits per heavy atom. The van der Waals surface area contributed by atoms with E-state index < -0.39 is 17.7 Å². The van der Waals surface area contributed by atoms with E-state index in [2.05, 4.69) is 0 Å². The summed E-state index contributed by atoms with van der Waals surface area (Å²) in [6, 6.07) is 9.91. The van der Waals surface area contributed by atoms with Gasteiger partial charge in [-0.05, 0) is 36.4 Å². The molecule has 0 saturated carbocycles. The first kappa shape index (κ1) is 13.9. The quantitative estimate of drug-likeness (QED) is 0.917. The second-order valence-corrected chi connectivity index (χ2v) is 3.93. The minimum Gasteiger partial charge on any atom is -0.478 e. The van der Waals surface area contributed by atoms with Gasteiger partial charge in [-0.25, -0.2) is 4.79 Å². The van der Waals surface area contributed by atoms with Crippen LogP contribution in [0.1, 0.15) is 15.9 Å². The highest BCUT2D eigenvalue weighted by molar-refractivity contribution is 5.90. The maximum Gasteiger partial charge on any atom is 0.416 e. The average Bonchev–Trinajstić information content (AvgIpc) is 2.38. The molecule has 0 amide bonds. The number of para-hydroxylation sites is 1. The number of rotatable bonds is 3. The number of hydrogen-bond acceptors (Lipinski definition) is 2. The fourth-order valence-electron chi connectivity index (χ4n) is 1.57. The van der Waals surface area contributed by atoms with Crippen molar-refractivity contribution in [2.75, 3.05) is 0 Å². The van der Waals surface area contributed by atoms with Crippen molar-refractivity contribution in [2.24, 2.45) is 0 Å². The lowest BCUT2D eigenvalue weighted by atomic mass is 10.2. The number of halogens is 3. The Balaban J connectivity index is 2.25. The van der Waals surface area contributed by atoms with E-state index in [1.54, 1.807) is 6.07 Å². The predicted octanol–water partition coefficient (Wildman–Crippen LogP) is 4.20. The van der Waals surface area contributed by atoms with Gasteiger partial charge in [-0.3, -0.25) is 0 Å². The lowest BCUT2D eigenvalue weighted by Gasteiger charge is -2.10. The average molecular weight is 282 g/mol. The molecule has 0 bridgehead atoms. The Labute approximate surface area is 112 Å². The molecule has 6 heteroatoms. The van der Waals surface area contributed by atoms with Gasteiger partial charge in [0.25, 0.3) is 0 Å². The first-order valence-corrected chi connectivity index (χ1v) is 5.55. The van der Waals surface area contributed by atoms with E-state index in [1.165, 1.54) is 18.2 Å². The van der Waals surface area contributed by atoms with Gasteiger partial charge < -0.3 is 9.84 Å². The summed E-state index contributed by atoms with van der Waals surface area (Å²) in [5.41, 5.74) is -0.858. The van der Waals surface area contributed by atoms with Crippen molar-refractivity contribution in [3.8, 4) is 11.5 Å². The summed E-state index contributed by atoms with van der Waals surface area (Å²) in [6.45, 7) is 0. The molecule has 3 nitrogen and oxygen atoms in total. The molecule has 20 heavy (non-hydrogen) atoms. The Morgan fingerprint density at radius 1 is 1.00 bits per heavy atom. The summed E-state index contributed by atoms with van der Waals surface area (Å²) in [7, 11) is 0. The van der Waals surface area contributed by atoms with Crippen LogP contribution in [0.3, 0.4) is 0 Å². The highest BCUT2D eigenvalue weighted by Crippen LogP contribution is 2.32. The third-order valence-electron chi connectivity index (χ3n) is 2.53. The van der Waals surface area contributed by atoms with Crippen molar-refractivity contribution in [2.45, 2.75) is 6.18 Å². The molecular formula is C14H9F3O3. The van der Waals surface area contributed by atoms with E-state index in [0.29, 0.717) is 0 Å². The molecule has 2 rings (SSSR count). The lowest BCUT2D eigenvalue weighted by molar-refractivity contribution is -0.137. The van der Waals surface area contributed by atoms with Crippen LogP contribution >= 0.6 is 0 Å². The number of carboxylic acid groups (broad SMARTS) is 1. The smallest absolute Gasteiger partial charge is 0.416 e. The van der Waals surface area contributed by atoms with Gasteiger partial charge in [-0.2, -0.15) is 13.2 Å². The zero-order valence-electron chi connectivity index (χ0n) is 10.0. The molecule has 0 fully saturated rings. The minimum atomic E-state index is -4.42. The zero-order chi connectivity index (χ0) is 14.8. The third kappa shape index (κ3) is 3.09. The summed E-state index contributed by atoms with van der Waals surface area (Å²) in [5.74, 6) is -0.973. The number of alkyl halides is 3. The van der Waals surface area contributed by atoms with E-state index in [1.807, 2.05) is 0 Å². The van der Waals surface area contributed by atoms with Crippen LogP contribution < -0.4 is 4.74 Å². The number of aromatic carboxylic acids is 1. The van der Waals surface area contributed by atoms with Gasteiger partial charge >= 0.3 is 12.1 Å². The second-order valence-electron chi connectivity index (χ2n) is 3.93. The summed E-state index contributed by atoms with van der Waals surface area (Å²) < 4.78 is 42.5. The van der Waals surface area contributed by atoms with Crippen LogP contribution in [0.2, 0.25) is 0 Å². The molecule has 104 valence electrons. The number of benzene rings is 2. The topological polar surface area (TPSA) is 46.5 Å². The fourth-order valence-corrected chi connectivity index (χ4v) is 1.57. The van der Waals surface area contributed by atoms with Gasteiger partial charge in [-0.1, -0.05) is 12.1 Å². The molecule has 1 N–H and O–H groups in total. The van der Waals surface area contributed by atoms with Crippen LogP contribution in [0.4, 0.5) is 13.2 Å². The maximum absolute atomic E-state index is 12.4. The third-order valence-corrected chi connectivity index (χ3v) is 2.53. The first-order chi connectivity index (χ1) is 9.38. The van der Waals surface area contributed by atoms with Gasteiger partial charge in [0.15, 0.2) is 0 Å². The van der Waals surface area contributed by atoms with Crippen LogP contribution in [0, 0.1) is 0 Å². The first-order valence-electron chi connectivity index (χ1n) is 5.55. The SMILES string of the molecule is O=C(O)c1ccccc1Oc1ccc(C(F)(F)F)cc1. The fraction of sp³-hybridized carbons (Fsp3) is 0.0714. The van der Waals surface area contributed by atoms with E-state index in [-0.39, 0.29) is 17.1 Å². The highest BCUT2D eigenvalue weighted by Gasteiger charge is 2.30. The monoisotopic (exact) mass is 282 g/mol. The van der Waals surface area contributed by atoms with Crippen molar-refractivity contribution in [1.82, 2.24) is 0 Å². The molecule has 2 aromatic carbocycles. The molecule has 0 aromatic heterocycles. The molecular weight excluding hydrogens is 273 g/mol. The molecule has 0 atom stereocenters. The van der Waals surface area contributed by atoms with Crippen LogP contribution in [0.25, 0.3) is 0 Å². The second kappa shape index (κ2) is 5.24. The molecule has 0 aliphatic heterocycles. The Kier molecular flexibility index (Phi) is 3.65. The van der Waals surface area contributed by atoms with Gasteiger partial charge in [0.1, 0.15) is 17.1 Å². The van der Waals surface area contributed by atoms with Gasteiger partial charge in [0.2, 0.25) is 0 Å². The van der Waals surface area contributed by atoms with E-state index in [4.69, 9.17) is 9.84 Å². The van der Waals surface area contributed by atoms with E-state index in [9.17, 15) is 18.0 Å². The number of ether oxygens (including phenoxy) is 1. The summed E-state index contributed by atoms with van der Waals surface area (Å²) in [4.78, 5) is 11.0. The van der Waals surface area contributed by atoms with Crippen molar-refractivity contribution >= 4 is 5.97 Å². The molecule has 2 aromatic rings. The van der Waals surface area contributed by atoms with Crippen molar-refractivity contribution in [3.05, 3.63) is 59.7 Å².